The van der Waals surface area contributed by atoms with Crippen LogP contribution in [0.15, 0.2) is 24.3 Å². The summed E-state index contributed by atoms with van der Waals surface area (Å²) in [6, 6.07) is 6.93. The fourth-order valence-corrected chi connectivity index (χ4v) is 3.58. The second-order valence-electron chi connectivity index (χ2n) is 6.42. The summed E-state index contributed by atoms with van der Waals surface area (Å²) in [5.74, 6) is -1.14. The number of halogens is 1. The van der Waals surface area contributed by atoms with Crippen LogP contribution in [0, 0.1) is 0 Å². The van der Waals surface area contributed by atoms with Crippen LogP contribution < -0.4 is 0 Å². The van der Waals surface area contributed by atoms with Crippen molar-refractivity contribution in [1.29, 1.82) is 0 Å². The Kier molecular flexibility index (Phi) is 5.56. The van der Waals surface area contributed by atoms with E-state index in [1.54, 1.807) is 21.7 Å². The fourth-order valence-electron chi connectivity index (χ4n) is 3.40. The minimum atomic E-state index is -0.897. The maximum atomic E-state index is 13.0. The number of hydrogen-bond acceptors (Lipinski definition) is 4. The van der Waals surface area contributed by atoms with Gasteiger partial charge in [0, 0.05) is 17.6 Å². The summed E-state index contributed by atoms with van der Waals surface area (Å²) in [5, 5.41) is 18.0. The van der Waals surface area contributed by atoms with E-state index in [9.17, 15) is 9.59 Å². The van der Waals surface area contributed by atoms with Gasteiger partial charge in [-0.3, -0.25) is 9.59 Å². The van der Waals surface area contributed by atoms with E-state index in [2.05, 4.69) is 10.3 Å². The number of carbonyl (C=O) groups excluding carboxylic acids is 1. The van der Waals surface area contributed by atoms with Crippen LogP contribution in [0.2, 0.25) is 5.02 Å². The lowest BCUT2D eigenvalue weighted by Crippen LogP contribution is -2.37. The van der Waals surface area contributed by atoms with E-state index in [1.807, 2.05) is 19.1 Å². The maximum absolute atomic E-state index is 13.0. The molecule has 1 fully saturated rings. The molecule has 0 saturated carbocycles. The first-order chi connectivity index (χ1) is 12.5. The molecular weight excluding hydrogens is 356 g/mol. The van der Waals surface area contributed by atoms with Crippen molar-refractivity contribution in [3.8, 4) is 5.69 Å². The number of aliphatic carboxylic acids is 1. The molecule has 0 aliphatic carbocycles. The molecule has 0 spiro atoms. The van der Waals surface area contributed by atoms with Gasteiger partial charge < -0.3 is 10.0 Å². The summed E-state index contributed by atoms with van der Waals surface area (Å²) in [5.41, 5.74) is 1.76. The second-order valence-corrected chi connectivity index (χ2v) is 6.86. The molecule has 1 unspecified atom stereocenters. The number of aromatic nitrogens is 3. The molecule has 26 heavy (non-hydrogen) atoms. The second kappa shape index (κ2) is 7.86. The molecule has 0 radical (unpaired) electrons. The van der Waals surface area contributed by atoms with Crippen LogP contribution in [-0.2, 0) is 11.2 Å². The quantitative estimate of drug-likeness (QED) is 0.837. The average molecular weight is 377 g/mol. The number of amides is 1. The highest BCUT2D eigenvalue weighted by atomic mass is 35.5. The number of rotatable bonds is 6. The molecule has 2 aromatic rings. The van der Waals surface area contributed by atoms with Crippen LogP contribution in [0.4, 0.5) is 0 Å². The number of likely N-dealkylation sites (tertiary alicyclic amines) is 1. The summed E-state index contributed by atoms with van der Waals surface area (Å²) in [6.45, 7) is 2.57. The van der Waals surface area contributed by atoms with Crippen LogP contribution in [0.1, 0.15) is 48.8 Å². The van der Waals surface area contributed by atoms with Gasteiger partial charge in [0.05, 0.1) is 17.8 Å². The monoisotopic (exact) mass is 376 g/mol. The van der Waals surface area contributed by atoms with E-state index >= 15 is 0 Å². The summed E-state index contributed by atoms with van der Waals surface area (Å²) < 4.78 is 1.64. The van der Waals surface area contributed by atoms with Gasteiger partial charge in [-0.05, 0) is 37.5 Å². The lowest BCUT2D eigenvalue weighted by Gasteiger charge is -2.23. The Morgan fingerprint density at radius 3 is 2.88 bits per heavy atom. The van der Waals surface area contributed by atoms with Gasteiger partial charge in [0.15, 0.2) is 5.69 Å². The molecule has 1 aromatic heterocycles. The Hall–Kier alpha value is -2.41. The Morgan fingerprint density at radius 1 is 1.38 bits per heavy atom. The first-order valence-electron chi connectivity index (χ1n) is 8.74. The van der Waals surface area contributed by atoms with Gasteiger partial charge in [0.2, 0.25) is 0 Å². The van der Waals surface area contributed by atoms with Crippen molar-refractivity contribution < 1.29 is 14.7 Å². The number of carboxylic acid groups (broad SMARTS) is 1. The predicted octanol–water partition coefficient (Wildman–Crippen LogP) is 2.95. The molecule has 0 bridgehead atoms. The van der Waals surface area contributed by atoms with Crippen molar-refractivity contribution >= 4 is 23.5 Å². The zero-order valence-corrected chi connectivity index (χ0v) is 15.3. The van der Waals surface area contributed by atoms with Crippen LogP contribution in [0.5, 0.6) is 0 Å². The first-order valence-corrected chi connectivity index (χ1v) is 9.12. The number of benzene rings is 1. The standard InChI is InChI=1S/C18H21ClN4O3/c1-2-5-15-17(18(26)22-9-4-8-13(22)11-16(24)25)20-21-23(15)14-7-3-6-12(19)10-14/h3,6-7,10,13H,2,4-5,8-9,11H2,1H3,(H,24,25). The van der Waals surface area contributed by atoms with E-state index in [1.165, 1.54) is 0 Å². The summed E-state index contributed by atoms with van der Waals surface area (Å²) in [6.07, 6.45) is 2.92. The van der Waals surface area contributed by atoms with E-state index in [0.717, 1.165) is 24.2 Å². The SMILES string of the molecule is CCCc1c(C(=O)N2CCCC2CC(=O)O)nnn1-c1cccc(Cl)c1. The normalized spacial score (nSPS) is 16.8. The van der Waals surface area contributed by atoms with Gasteiger partial charge in [0.25, 0.3) is 5.91 Å². The number of hydrogen-bond donors (Lipinski definition) is 1. The largest absolute Gasteiger partial charge is 0.481 e. The topological polar surface area (TPSA) is 88.3 Å². The zero-order valence-electron chi connectivity index (χ0n) is 14.6. The van der Waals surface area contributed by atoms with E-state index in [4.69, 9.17) is 16.7 Å². The van der Waals surface area contributed by atoms with E-state index < -0.39 is 5.97 Å². The Bertz CT molecular complexity index is 821. The highest BCUT2D eigenvalue weighted by molar-refractivity contribution is 6.30. The van der Waals surface area contributed by atoms with Crippen molar-refractivity contribution in [3.05, 3.63) is 40.7 Å². The number of nitrogens with zero attached hydrogens (tertiary/aromatic N) is 4. The molecule has 1 aliphatic rings. The summed E-state index contributed by atoms with van der Waals surface area (Å²) in [4.78, 5) is 25.7. The molecule has 1 atom stereocenters. The van der Waals surface area contributed by atoms with E-state index in [0.29, 0.717) is 30.1 Å². The van der Waals surface area contributed by atoms with Crippen molar-refractivity contribution in [2.45, 2.75) is 45.1 Å². The molecule has 1 saturated heterocycles. The van der Waals surface area contributed by atoms with Crippen LogP contribution in [0.25, 0.3) is 5.69 Å². The third-order valence-corrected chi connectivity index (χ3v) is 4.79. The molecular formula is C18H21ClN4O3. The van der Waals surface area contributed by atoms with Crippen molar-refractivity contribution in [3.63, 3.8) is 0 Å². The fraction of sp³-hybridized carbons (Fsp3) is 0.444. The highest BCUT2D eigenvalue weighted by Gasteiger charge is 2.34. The van der Waals surface area contributed by atoms with Gasteiger partial charge in [-0.2, -0.15) is 0 Å². The maximum Gasteiger partial charge on any atom is 0.305 e. The predicted molar refractivity (Wildman–Crippen MR) is 96.7 cm³/mol. The van der Waals surface area contributed by atoms with Crippen molar-refractivity contribution in [2.75, 3.05) is 6.54 Å². The minimum absolute atomic E-state index is 0.0444. The van der Waals surface area contributed by atoms with Gasteiger partial charge in [-0.25, -0.2) is 4.68 Å². The number of carboxylic acids is 1. The molecule has 2 heterocycles. The minimum Gasteiger partial charge on any atom is -0.481 e. The molecule has 8 heteroatoms. The third kappa shape index (κ3) is 3.72. The molecule has 1 N–H and O–H groups in total. The van der Waals surface area contributed by atoms with Gasteiger partial charge in [-0.15, -0.1) is 5.10 Å². The van der Waals surface area contributed by atoms with Gasteiger partial charge in [0.1, 0.15) is 0 Å². The molecule has 1 aliphatic heterocycles. The molecule has 138 valence electrons. The van der Waals surface area contributed by atoms with Crippen LogP contribution >= 0.6 is 11.6 Å². The smallest absolute Gasteiger partial charge is 0.305 e. The third-order valence-electron chi connectivity index (χ3n) is 4.55. The summed E-state index contributed by atoms with van der Waals surface area (Å²) in [7, 11) is 0. The lowest BCUT2D eigenvalue weighted by atomic mass is 10.1. The Morgan fingerprint density at radius 2 is 2.19 bits per heavy atom. The van der Waals surface area contributed by atoms with E-state index in [-0.39, 0.29) is 18.4 Å². The van der Waals surface area contributed by atoms with Gasteiger partial charge >= 0.3 is 5.97 Å². The van der Waals surface area contributed by atoms with Crippen LogP contribution in [0.3, 0.4) is 0 Å². The van der Waals surface area contributed by atoms with Crippen molar-refractivity contribution in [2.24, 2.45) is 0 Å². The molecule has 3 rings (SSSR count). The van der Waals surface area contributed by atoms with Crippen LogP contribution in [-0.4, -0.2) is 49.5 Å². The average Bonchev–Trinajstić information content (AvgIpc) is 3.21. The number of carbonyl (C=O) groups is 2. The molecule has 7 nitrogen and oxygen atoms in total. The van der Waals surface area contributed by atoms with Gasteiger partial charge in [-0.1, -0.05) is 36.2 Å². The van der Waals surface area contributed by atoms with Crippen molar-refractivity contribution in [1.82, 2.24) is 19.9 Å². The Balaban J connectivity index is 1.94. The molecule has 1 aromatic carbocycles. The zero-order chi connectivity index (χ0) is 18.7. The lowest BCUT2D eigenvalue weighted by molar-refractivity contribution is -0.137. The summed E-state index contributed by atoms with van der Waals surface area (Å²) >= 11 is 6.07. The molecule has 1 amide bonds. The first kappa shape index (κ1) is 18.4. The Labute approximate surface area is 156 Å². The highest BCUT2D eigenvalue weighted by Crippen LogP contribution is 2.25.